The highest BCUT2D eigenvalue weighted by atomic mass is 16.7. The van der Waals surface area contributed by atoms with Gasteiger partial charge in [0, 0.05) is 36.4 Å². The van der Waals surface area contributed by atoms with Gasteiger partial charge in [-0.25, -0.2) is 14.5 Å². The summed E-state index contributed by atoms with van der Waals surface area (Å²) >= 11 is 0. The molecule has 0 saturated carbocycles. The molecule has 0 spiro atoms. The fraction of sp³-hybridized carbons (Fsp3) is 0.346. The summed E-state index contributed by atoms with van der Waals surface area (Å²) in [4.78, 5) is 60.4. The highest BCUT2D eigenvalue weighted by Crippen LogP contribution is 2.37. The third-order valence-corrected chi connectivity index (χ3v) is 6.61. The summed E-state index contributed by atoms with van der Waals surface area (Å²) in [5, 5.41) is 3.29. The number of likely N-dealkylation sites (N-methyl/N-ethyl adjacent to an activating group) is 1. The summed E-state index contributed by atoms with van der Waals surface area (Å²) in [7, 11) is 5.14. The van der Waals surface area contributed by atoms with Gasteiger partial charge >= 0.3 is 12.2 Å². The SMILES string of the molecule is COc1ccc2c(c1)C(=O)N(C[C@@]1(c3cc4cnccc4o3)NC(=O)N(COC(=O)OCCN(C)C)C1=O)C2. The lowest BCUT2D eigenvalue weighted by Gasteiger charge is -2.29. The molecule has 204 valence electrons. The van der Waals surface area contributed by atoms with Crippen LogP contribution in [0.2, 0.25) is 0 Å². The van der Waals surface area contributed by atoms with Crippen LogP contribution in [0.25, 0.3) is 11.0 Å². The van der Waals surface area contributed by atoms with Crippen molar-refractivity contribution in [1.82, 2.24) is 25.0 Å². The number of pyridine rings is 1. The topological polar surface area (TPSA) is 144 Å². The van der Waals surface area contributed by atoms with Crippen molar-refractivity contribution < 1.29 is 37.8 Å². The molecule has 13 nitrogen and oxygen atoms in total. The third-order valence-electron chi connectivity index (χ3n) is 6.61. The van der Waals surface area contributed by atoms with E-state index in [0.29, 0.717) is 28.8 Å². The Kier molecular flexibility index (Phi) is 6.83. The van der Waals surface area contributed by atoms with Crippen LogP contribution in [-0.2, 0) is 26.4 Å². The Labute approximate surface area is 223 Å². The fourth-order valence-corrected chi connectivity index (χ4v) is 4.54. The zero-order chi connectivity index (χ0) is 27.7. The Morgan fingerprint density at radius 1 is 1.18 bits per heavy atom. The number of nitrogens with one attached hydrogen (secondary N) is 1. The average molecular weight is 538 g/mol. The molecule has 0 aliphatic carbocycles. The minimum atomic E-state index is -1.78. The first kappa shape index (κ1) is 26.0. The highest BCUT2D eigenvalue weighted by molar-refractivity contribution is 6.08. The smallest absolute Gasteiger partial charge is 0.497 e. The van der Waals surface area contributed by atoms with E-state index in [2.05, 4.69) is 10.3 Å². The van der Waals surface area contributed by atoms with Gasteiger partial charge in [-0.3, -0.25) is 14.6 Å². The second kappa shape index (κ2) is 10.3. The number of aromatic nitrogens is 1. The van der Waals surface area contributed by atoms with Crippen LogP contribution in [0.1, 0.15) is 21.7 Å². The molecule has 2 aromatic heterocycles. The molecule has 1 N–H and O–H groups in total. The maximum Gasteiger partial charge on any atom is 0.510 e. The number of methoxy groups -OCH3 is 1. The summed E-state index contributed by atoms with van der Waals surface area (Å²) < 4.78 is 21.2. The zero-order valence-electron chi connectivity index (χ0n) is 21.6. The molecule has 4 heterocycles. The van der Waals surface area contributed by atoms with Gasteiger partial charge < -0.3 is 33.7 Å². The van der Waals surface area contributed by atoms with E-state index in [1.165, 1.54) is 18.2 Å². The van der Waals surface area contributed by atoms with E-state index in [0.717, 1.165) is 10.5 Å². The van der Waals surface area contributed by atoms with E-state index < -0.39 is 30.4 Å². The number of imide groups is 1. The van der Waals surface area contributed by atoms with Gasteiger partial charge in [0.05, 0.1) is 13.7 Å². The molecular weight excluding hydrogens is 510 g/mol. The van der Waals surface area contributed by atoms with E-state index in [4.69, 9.17) is 18.6 Å². The molecule has 13 heteroatoms. The van der Waals surface area contributed by atoms with Crippen LogP contribution in [-0.4, -0.2) is 91.3 Å². The molecule has 4 amide bonds. The summed E-state index contributed by atoms with van der Waals surface area (Å²) in [6.45, 7) is -0.157. The van der Waals surface area contributed by atoms with Crippen molar-refractivity contribution in [3.8, 4) is 5.75 Å². The van der Waals surface area contributed by atoms with E-state index in [9.17, 15) is 19.2 Å². The normalized spacial score (nSPS) is 18.6. The van der Waals surface area contributed by atoms with E-state index >= 15 is 0 Å². The lowest BCUT2D eigenvalue weighted by atomic mass is 9.95. The molecule has 1 atom stereocenters. The number of fused-ring (bicyclic) bond motifs is 2. The quantitative estimate of drug-likeness (QED) is 0.317. The van der Waals surface area contributed by atoms with Crippen molar-refractivity contribution in [3.05, 3.63) is 59.6 Å². The molecule has 0 unspecified atom stereocenters. The van der Waals surface area contributed by atoms with Gasteiger partial charge in [0.15, 0.2) is 12.3 Å². The molecule has 3 aromatic rings. The number of nitrogens with zero attached hydrogens (tertiary/aromatic N) is 4. The van der Waals surface area contributed by atoms with E-state index in [1.54, 1.807) is 36.5 Å². The molecule has 0 radical (unpaired) electrons. The van der Waals surface area contributed by atoms with Crippen LogP contribution in [0.3, 0.4) is 0 Å². The maximum atomic E-state index is 13.9. The zero-order valence-corrected chi connectivity index (χ0v) is 21.6. The van der Waals surface area contributed by atoms with Crippen molar-refractivity contribution in [3.63, 3.8) is 0 Å². The number of amides is 4. The fourth-order valence-electron chi connectivity index (χ4n) is 4.54. The summed E-state index contributed by atoms with van der Waals surface area (Å²) in [5.74, 6) is -0.444. The van der Waals surface area contributed by atoms with Gasteiger partial charge in [0.2, 0.25) is 0 Å². The van der Waals surface area contributed by atoms with E-state index in [1.807, 2.05) is 19.0 Å². The number of hydrogen-bond acceptors (Lipinski definition) is 10. The van der Waals surface area contributed by atoms with Crippen LogP contribution >= 0.6 is 0 Å². The molecule has 1 fully saturated rings. The largest absolute Gasteiger partial charge is 0.510 e. The summed E-state index contributed by atoms with van der Waals surface area (Å²) in [5.41, 5.74) is -0.143. The average Bonchev–Trinajstić information content (AvgIpc) is 3.55. The van der Waals surface area contributed by atoms with Crippen LogP contribution in [0, 0.1) is 0 Å². The number of rotatable bonds is 9. The highest BCUT2D eigenvalue weighted by Gasteiger charge is 2.57. The van der Waals surface area contributed by atoms with Crippen LogP contribution < -0.4 is 10.1 Å². The number of benzene rings is 1. The standard InChI is InChI=1S/C26H27N5O8/c1-29(2)8-9-37-25(35)38-15-31-23(33)26(28-24(31)34,21-10-17-12-27-7-6-20(17)39-21)14-30-13-16-4-5-18(36-3)11-19(16)22(30)32/h4-7,10-12H,8-9,13-15H2,1-3H3,(H,28,34)/t26-/m0/s1. The third kappa shape index (κ3) is 4.83. The second-order valence-corrected chi connectivity index (χ2v) is 9.45. The molecule has 1 aromatic carbocycles. The Morgan fingerprint density at radius 2 is 2.00 bits per heavy atom. The lowest BCUT2D eigenvalue weighted by Crippen LogP contribution is -2.52. The van der Waals surface area contributed by atoms with Crippen molar-refractivity contribution in [2.24, 2.45) is 0 Å². The number of urea groups is 1. The van der Waals surface area contributed by atoms with Gasteiger partial charge in [-0.05, 0) is 43.9 Å². The van der Waals surface area contributed by atoms with Crippen molar-refractivity contribution in [2.45, 2.75) is 12.1 Å². The summed E-state index contributed by atoms with van der Waals surface area (Å²) in [6.07, 6.45) is 2.07. The van der Waals surface area contributed by atoms with Crippen LogP contribution in [0.5, 0.6) is 5.75 Å². The van der Waals surface area contributed by atoms with Crippen molar-refractivity contribution >= 4 is 35.0 Å². The Bertz CT molecular complexity index is 1420. The molecule has 5 rings (SSSR count). The molecule has 0 bridgehead atoms. The first-order valence-corrected chi connectivity index (χ1v) is 12.1. The van der Waals surface area contributed by atoms with Gasteiger partial charge in [0.25, 0.3) is 11.8 Å². The number of carbonyl (C=O) groups is 4. The number of ether oxygens (including phenoxy) is 3. The van der Waals surface area contributed by atoms with Crippen molar-refractivity contribution in [2.75, 3.05) is 47.6 Å². The van der Waals surface area contributed by atoms with Gasteiger partial charge in [-0.2, -0.15) is 0 Å². The first-order chi connectivity index (χ1) is 18.7. The van der Waals surface area contributed by atoms with Gasteiger partial charge in [-0.15, -0.1) is 0 Å². The van der Waals surface area contributed by atoms with Gasteiger partial charge in [-0.1, -0.05) is 6.07 Å². The minimum absolute atomic E-state index is 0.0748. The Hall–Kier alpha value is -4.65. The Balaban J connectivity index is 1.42. The maximum absolute atomic E-state index is 13.9. The molecule has 1 saturated heterocycles. The van der Waals surface area contributed by atoms with E-state index in [-0.39, 0.29) is 31.4 Å². The molecule has 39 heavy (non-hydrogen) atoms. The first-order valence-electron chi connectivity index (χ1n) is 12.1. The number of carbonyl (C=O) groups excluding carboxylic acids is 4. The minimum Gasteiger partial charge on any atom is -0.497 e. The second-order valence-electron chi connectivity index (χ2n) is 9.45. The van der Waals surface area contributed by atoms with Crippen LogP contribution in [0.15, 0.2) is 47.1 Å². The lowest BCUT2D eigenvalue weighted by molar-refractivity contribution is -0.135. The predicted octanol–water partition coefficient (Wildman–Crippen LogP) is 1.91. The molecular formula is C26H27N5O8. The predicted molar refractivity (Wildman–Crippen MR) is 135 cm³/mol. The summed E-state index contributed by atoms with van der Waals surface area (Å²) in [6, 6.07) is 7.57. The Morgan fingerprint density at radius 3 is 2.74 bits per heavy atom. The monoisotopic (exact) mass is 537 g/mol. The van der Waals surface area contributed by atoms with Crippen LogP contribution in [0.4, 0.5) is 9.59 Å². The number of hydrogen-bond donors (Lipinski definition) is 1. The molecule has 2 aliphatic heterocycles. The molecule has 2 aliphatic rings. The van der Waals surface area contributed by atoms with Crippen molar-refractivity contribution in [1.29, 1.82) is 0 Å². The number of furan rings is 1. The van der Waals surface area contributed by atoms with Gasteiger partial charge in [0.1, 0.15) is 23.7 Å².